The molecule has 0 atom stereocenters. The third-order valence-electron chi connectivity index (χ3n) is 4.30. The fraction of sp³-hybridized carbons (Fsp3) is 0.389. The van der Waals surface area contributed by atoms with E-state index in [1.807, 2.05) is 0 Å². The number of halogens is 1. The van der Waals surface area contributed by atoms with E-state index in [-0.39, 0.29) is 5.82 Å². The Kier molecular flexibility index (Phi) is 5.40. The van der Waals surface area contributed by atoms with Gasteiger partial charge < -0.3 is 14.1 Å². The molecule has 9 heteroatoms. The summed E-state index contributed by atoms with van der Waals surface area (Å²) in [5.74, 6) is 1.70. The van der Waals surface area contributed by atoms with E-state index in [0.717, 1.165) is 42.0 Å². The van der Waals surface area contributed by atoms with Gasteiger partial charge in [-0.3, -0.25) is 4.57 Å². The van der Waals surface area contributed by atoms with Gasteiger partial charge in [0, 0.05) is 31.0 Å². The molecular weight excluding hydrogens is 369 g/mol. The van der Waals surface area contributed by atoms with Gasteiger partial charge in [0.05, 0.1) is 18.9 Å². The number of thioether (sulfide) groups is 1. The highest BCUT2D eigenvalue weighted by molar-refractivity contribution is 7.98. The zero-order chi connectivity index (χ0) is 18.6. The van der Waals surface area contributed by atoms with Crippen LogP contribution in [0.3, 0.4) is 0 Å². The molecule has 1 saturated heterocycles. The molecule has 0 unspecified atom stereocenters. The zero-order valence-corrected chi connectivity index (χ0v) is 15.8. The molecule has 3 aromatic rings. The Hall–Kier alpha value is -2.39. The lowest BCUT2D eigenvalue weighted by atomic mass is 10.2. The molecule has 7 nitrogen and oxygen atoms in total. The molecule has 2 aromatic heterocycles. The molecule has 0 saturated carbocycles. The van der Waals surface area contributed by atoms with Crippen LogP contribution in [0.5, 0.6) is 0 Å². The van der Waals surface area contributed by atoms with E-state index in [4.69, 9.17) is 9.15 Å². The van der Waals surface area contributed by atoms with Crippen molar-refractivity contribution < 1.29 is 13.5 Å². The summed E-state index contributed by atoms with van der Waals surface area (Å²) in [5, 5.41) is 9.56. The second kappa shape index (κ2) is 8.10. The number of hydrogen-bond acceptors (Lipinski definition) is 7. The van der Waals surface area contributed by atoms with E-state index in [2.05, 4.69) is 31.6 Å². The average Bonchev–Trinajstić information content (AvgIpc) is 3.34. The van der Waals surface area contributed by atoms with E-state index in [1.54, 1.807) is 30.2 Å². The number of ether oxygens (including phenoxy) is 1. The van der Waals surface area contributed by atoms with Crippen molar-refractivity contribution in [3.8, 4) is 11.5 Å². The number of morpholine rings is 1. The predicted octanol–water partition coefficient (Wildman–Crippen LogP) is 3.22. The van der Waals surface area contributed by atoms with E-state index < -0.39 is 0 Å². The number of hydrogen-bond donors (Lipinski definition) is 0. The summed E-state index contributed by atoms with van der Waals surface area (Å²) in [4.78, 5) is 6.68. The highest BCUT2D eigenvalue weighted by Crippen LogP contribution is 2.27. The Bertz CT molecular complexity index is 890. The Morgan fingerprint density at radius 3 is 2.67 bits per heavy atom. The lowest BCUT2D eigenvalue weighted by Gasteiger charge is -2.27. The lowest BCUT2D eigenvalue weighted by Crippen LogP contribution is -2.38. The molecule has 1 fully saturated rings. The highest BCUT2D eigenvalue weighted by Gasteiger charge is 2.20. The standard InChI is InChI=1S/C18H20FN5O2S/c1-2-24-17(23-7-9-25-10-8-23)21-22-18(24)27-12-15-11-26-16(20-15)13-3-5-14(19)6-4-13/h3-6,11H,2,7-10,12H2,1H3. The first-order valence-corrected chi connectivity index (χ1v) is 9.82. The van der Waals surface area contributed by atoms with Gasteiger partial charge in [-0.1, -0.05) is 11.8 Å². The topological polar surface area (TPSA) is 69.2 Å². The van der Waals surface area contributed by atoms with E-state index in [0.29, 0.717) is 24.9 Å². The third kappa shape index (κ3) is 3.98. The summed E-state index contributed by atoms with van der Waals surface area (Å²) in [6.45, 7) is 5.95. The van der Waals surface area contributed by atoms with Crippen molar-refractivity contribution >= 4 is 17.7 Å². The first kappa shape index (κ1) is 18.0. The molecule has 0 radical (unpaired) electrons. The van der Waals surface area contributed by atoms with Crippen LogP contribution in [0.2, 0.25) is 0 Å². The number of oxazole rings is 1. The van der Waals surface area contributed by atoms with Crippen LogP contribution in [-0.4, -0.2) is 46.1 Å². The van der Waals surface area contributed by atoms with Gasteiger partial charge in [0.25, 0.3) is 0 Å². The largest absolute Gasteiger partial charge is 0.444 e. The van der Waals surface area contributed by atoms with Crippen LogP contribution < -0.4 is 4.90 Å². The Labute approximate surface area is 160 Å². The van der Waals surface area contributed by atoms with Crippen LogP contribution >= 0.6 is 11.8 Å². The zero-order valence-electron chi connectivity index (χ0n) is 15.0. The van der Waals surface area contributed by atoms with Crippen molar-refractivity contribution in [3.63, 3.8) is 0 Å². The Morgan fingerprint density at radius 1 is 1.15 bits per heavy atom. The number of anilines is 1. The van der Waals surface area contributed by atoms with E-state index in [1.165, 1.54) is 12.1 Å². The van der Waals surface area contributed by atoms with Gasteiger partial charge in [-0.2, -0.15) is 0 Å². The van der Waals surface area contributed by atoms with Gasteiger partial charge in [-0.05, 0) is 31.2 Å². The first-order chi connectivity index (χ1) is 13.2. The van der Waals surface area contributed by atoms with Gasteiger partial charge in [0.1, 0.15) is 12.1 Å². The number of nitrogens with zero attached hydrogens (tertiary/aromatic N) is 5. The molecule has 1 aliphatic rings. The smallest absolute Gasteiger partial charge is 0.228 e. The monoisotopic (exact) mass is 389 g/mol. The van der Waals surface area contributed by atoms with Gasteiger partial charge in [0.2, 0.25) is 11.8 Å². The molecule has 3 heterocycles. The Balaban J connectivity index is 1.44. The van der Waals surface area contributed by atoms with Crippen LogP contribution in [0.15, 0.2) is 40.1 Å². The van der Waals surface area contributed by atoms with Crippen molar-refractivity contribution in [2.75, 3.05) is 31.2 Å². The third-order valence-corrected chi connectivity index (χ3v) is 5.30. The summed E-state index contributed by atoms with van der Waals surface area (Å²) >= 11 is 1.57. The van der Waals surface area contributed by atoms with Crippen molar-refractivity contribution in [1.82, 2.24) is 19.7 Å². The molecule has 4 rings (SSSR count). The fourth-order valence-corrected chi connectivity index (χ4v) is 3.77. The van der Waals surface area contributed by atoms with Gasteiger partial charge in [0.15, 0.2) is 5.16 Å². The van der Waals surface area contributed by atoms with Gasteiger partial charge >= 0.3 is 0 Å². The molecule has 27 heavy (non-hydrogen) atoms. The van der Waals surface area contributed by atoms with Gasteiger partial charge in [-0.25, -0.2) is 9.37 Å². The van der Waals surface area contributed by atoms with Crippen LogP contribution in [0, 0.1) is 5.82 Å². The van der Waals surface area contributed by atoms with Gasteiger partial charge in [-0.15, -0.1) is 10.2 Å². The summed E-state index contributed by atoms with van der Waals surface area (Å²) in [6.07, 6.45) is 1.63. The molecule has 0 spiro atoms. The second-order valence-electron chi connectivity index (χ2n) is 6.07. The average molecular weight is 389 g/mol. The molecule has 0 bridgehead atoms. The van der Waals surface area contributed by atoms with Crippen LogP contribution in [0.25, 0.3) is 11.5 Å². The maximum Gasteiger partial charge on any atom is 0.228 e. The van der Waals surface area contributed by atoms with Crippen molar-refractivity contribution in [2.45, 2.75) is 24.4 Å². The maximum absolute atomic E-state index is 13.0. The molecule has 0 amide bonds. The predicted molar refractivity (Wildman–Crippen MR) is 100 cm³/mol. The number of rotatable bonds is 6. The molecule has 142 valence electrons. The summed E-state index contributed by atoms with van der Waals surface area (Å²) in [5.41, 5.74) is 1.55. The quantitative estimate of drug-likeness (QED) is 0.600. The normalized spacial score (nSPS) is 14.7. The van der Waals surface area contributed by atoms with E-state index >= 15 is 0 Å². The van der Waals surface area contributed by atoms with Crippen LogP contribution in [-0.2, 0) is 17.0 Å². The molecule has 1 aromatic carbocycles. The highest BCUT2D eigenvalue weighted by atomic mass is 32.2. The fourth-order valence-electron chi connectivity index (χ4n) is 2.90. The lowest BCUT2D eigenvalue weighted by molar-refractivity contribution is 0.121. The minimum Gasteiger partial charge on any atom is -0.444 e. The summed E-state index contributed by atoms with van der Waals surface area (Å²) in [7, 11) is 0. The molecule has 1 aliphatic heterocycles. The summed E-state index contributed by atoms with van der Waals surface area (Å²) < 4.78 is 26.1. The minimum atomic E-state index is -0.281. The maximum atomic E-state index is 13.0. The van der Waals surface area contributed by atoms with Crippen molar-refractivity contribution in [2.24, 2.45) is 0 Å². The molecular formula is C18H20FN5O2S. The van der Waals surface area contributed by atoms with Crippen molar-refractivity contribution in [3.05, 3.63) is 42.0 Å². The van der Waals surface area contributed by atoms with Crippen LogP contribution in [0.4, 0.5) is 10.3 Å². The first-order valence-electron chi connectivity index (χ1n) is 8.83. The molecule has 0 aliphatic carbocycles. The summed E-state index contributed by atoms with van der Waals surface area (Å²) in [6, 6.07) is 6.09. The van der Waals surface area contributed by atoms with Crippen molar-refractivity contribution in [1.29, 1.82) is 0 Å². The minimum absolute atomic E-state index is 0.281. The second-order valence-corrected chi connectivity index (χ2v) is 7.01. The molecule has 0 N–H and O–H groups in total. The van der Waals surface area contributed by atoms with E-state index in [9.17, 15) is 4.39 Å². The Morgan fingerprint density at radius 2 is 1.93 bits per heavy atom. The number of aromatic nitrogens is 4. The number of benzene rings is 1. The SMILES string of the molecule is CCn1c(SCc2coc(-c3ccc(F)cc3)n2)nnc1N1CCOCC1. The van der Waals surface area contributed by atoms with Crippen LogP contribution in [0.1, 0.15) is 12.6 Å².